The number of benzene rings is 2. The van der Waals surface area contributed by atoms with Gasteiger partial charge in [0.15, 0.2) is 0 Å². The smallest absolute Gasteiger partial charge is 0.242 e. The quantitative estimate of drug-likeness (QED) is 0.755. The molecule has 0 saturated heterocycles. The minimum absolute atomic E-state index is 0.0774. The lowest BCUT2D eigenvalue weighted by molar-refractivity contribution is 0.567. The summed E-state index contributed by atoms with van der Waals surface area (Å²) in [5, 5.41) is 0.202. The monoisotopic (exact) mass is 361 g/mol. The molecular formula is C17H16ClN3O2S. The second kappa shape index (κ2) is 6.76. The molecule has 3 rings (SSSR count). The Kier molecular flexibility index (Phi) is 4.71. The molecule has 3 aromatic rings. The number of rotatable bonds is 5. The summed E-state index contributed by atoms with van der Waals surface area (Å²) in [5.74, 6) is 0. The average molecular weight is 362 g/mol. The zero-order valence-electron chi connectivity index (χ0n) is 12.9. The van der Waals surface area contributed by atoms with E-state index in [2.05, 4.69) is 9.71 Å². The summed E-state index contributed by atoms with van der Waals surface area (Å²) in [4.78, 5) is 4.08. The zero-order chi connectivity index (χ0) is 17.2. The van der Waals surface area contributed by atoms with E-state index in [4.69, 9.17) is 11.6 Å². The number of aromatic nitrogens is 2. The molecule has 5 nitrogen and oxygen atoms in total. The van der Waals surface area contributed by atoms with Crippen LogP contribution in [-0.2, 0) is 10.0 Å². The summed E-state index contributed by atoms with van der Waals surface area (Å²) >= 11 is 5.99. The van der Waals surface area contributed by atoms with E-state index in [1.54, 1.807) is 37.6 Å². The fourth-order valence-corrected chi connectivity index (χ4v) is 4.13. The minimum atomic E-state index is -3.69. The molecule has 0 bridgehead atoms. The van der Waals surface area contributed by atoms with E-state index >= 15 is 0 Å². The number of hydrogen-bond acceptors (Lipinski definition) is 3. The van der Waals surface area contributed by atoms with E-state index in [0.717, 1.165) is 11.3 Å². The topological polar surface area (TPSA) is 64.0 Å². The first-order valence-corrected chi connectivity index (χ1v) is 9.18. The van der Waals surface area contributed by atoms with Crippen LogP contribution in [0, 0.1) is 0 Å². The van der Waals surface area contributed by atoms with Gasteiger partial charge in [-0.15, -0.1) is 0 Å². The van der Waals surface area contributed by atoms with E-state index in [1.807, 2.05) is 35.0 Å². The Morgan fingerprint density at radius 2 is 1.83 bits per heavy atom. The SMILES string of the molecule is C[C@H](NS(=O)(=O)c1ccccc1Cl)c1ccc(-n2ccnc2)cc1. The number of imidazole rings is 1. The number of hydrogen-bond donors (Lipinski definition) is 1. The van der Waals surface area contributed by atoms with Crippen molar-refractivity contribution in [1.82, 2.24) is 14.3 Å². The molecule has 124 valence electrons. The lowest BCUT2D eigenvalue weighted by Gasteiger charge is -2.16. The van der Waals surface area contributed by atoms with Crippen LogP contribution < -0.4 is 4.72 Å². The molecule has 0 aliphatic carbocycles. The third kappa shape index (κ3) is 3.51. The van der Waals surface area contributed by atoms with Crippen LogP contribution in [0.1, 0.15) is 18.5 Å². The molecule has 0 fully saturated rings. The molecule has 0 radical (unpaired) electrons. The van der Waals surface area contributed by atoms with Crippen LogP contribution in [0.5, 0.6) is 0 Å². The van der Waals surface area contributed by atoms with Crippen molar-refractivity contribution in [3.8, 4) is 5.69 Å². The van der Waals surface area contributed by atoms with Crippen molar-refractivity contribution in [1.29, 1.82) is 0 Å². The lowest BCUT2D eigenvalue weighted by Crippen LogP contribution is -2.27. The van der Waals surface area contributed by atoms with Gasteiger partial charge in [0.05, 0.1) is 11.3 Å². The highest BCUT2D eigenvalue weighted by atomic mass is 35.5. The molecule has 0 spiro atoms. The van der Waals surface area contributed by atoms with Crippen molar-refractivity contribution in [2.24, 2.45) is 0 Å². The molecule has 1 atom stereocenters. The highest BCUT2D eigenvalue weighted by molar-refractivity contribution is 7.89. The third-order valence-corrected chi connectivity index (χ3v) is 5.69. The summed E-state index contributed by atoms with van der Waals surface area (Å²) < 4.78 is 29.5. The van der Waals surface area contributed by atoms with Gasteiger partial charge in [-0.25, -0.2) is 18.1 Å². The molecule has 2 aromatic carbocycles. The normalized spacial score (nSPS) is 12.9. The van der Waals surface area contributed by atoms with E-state index in [0.29, 0.717) is 0 Å². The highest BCUT2D eigenvalue weighted by Gasteiger charge is 2.20. The van der Waals surface area contributed by atoms with Crippen LogP contribution in [0.25, 0.3) is 5.69 Å². The van der Waals surface area contributed by atoms with Crippen LogP contribution >= 0.6 is 11.6 Å². The largest absolute Gasteiger partial charge is 0.306 e. The predicted molar refractivity (Wildman–Crippen MR) is 93.8 cm³/mol. The Hall–Kier alpha value is -2.15. The maximum absolute atomic E-state index is 12.5. The van der Waals surface area contributed by atoms with Crippen molar-refractivity contribution >= 4 is 21.6 Å². The number of nitrogens with zero attached hydrogens (tertiary/aromatic N) is 2. The number of nitrogens with one attached hydrogen (secondary N) is 1. The van der Waals surface area contributed by atoms with Crippen LogP contribution in [-0.4, -0.2) is 18.0 Å². The van der Waals surface area contributed by atoms with Crippen molar-refractivity contribution < 1.29 is 8.42 Å². The van der Waals surface area contributed by atoms with Crippen LogP contribution in [0.4, 0.5) is 0 Å². The fraction of sp³-hybridized carbons (Fsp3) is 0.118. The van der Waals surface area contributed by atoms with Crippen molar-refractivity contribution in [2.75, 3.05) is 0 Å². The molecule has 0 aliphatic rings. The average Bonchev–Trinajstić information content (AvgIpc) is 3.09. The first-order valence-electron chi connectivity index (χ1n) is 7.32. The summed E-state index contributed by atoms with van der Waals surface area (Å²) in [6.07, 6.45) is 5.26. The third-order valence-electron chi connectivity index (χ3n) is 3.65. The van der Waals surface area contributed by atoms with Gasteiger partial charge in [-0.3, -0.25) is 0 Å². The second-order valence-corrected chi connectivity index (χ2v) is 7.42. The van der Waals surface area contributed by atoms with Gasteiger partial charge in [-0.2, -0.15) is 0 Å². The molecule has 0 unspecified atom stereocenters. The van der Waals surface area contributed by atoms with Gasteiger partial charge in [0.1, 0.15) is 4.90 Å². The zero-order valence-corrected chi connectivity index (χ0v) is 14.5. The lowest BCUT2D eigenvalue weighted by atomic mass is 10.1. The van der Waals surface area contributed by atoms with E-state index in [1.165, 1.54) is 6.07 Å². The molecule has 1 N–H and O–H groups in total. The second-order valence-electron chi connectivity index (χ2n) is 5.33. The molecule has 24 heavy (non-hydrogen) atoms. The fourth-order valence-electron chi connectivity index (χ4n) is 2.37. The van der Waals surface area contributed by atoms with Crippen LogP contribution in [0.2, 0.25) is 5.02 Å². The van der Waals surface area contributed by atoms with Gasteiger partial charge in [-0.1, -0.05) is 35.9 Å². The molecule has 0 saturated carbocycles. The molecule has 0 amide bonds. The summed E-state index contributed by atoms with van der Waals surface area (Å²) in [7, 11) is -3.69. The number of halogens is 1. The molecule has 0 aliphatic heterocycles. The van der Waals surface area contributed by atoms with Gasteiger partial charge in [0, 0.05) is 24.1 Å². The standard InChI is InChI=1S/C17H16ClN3O2S/c1-13(20-24(22,23)17-5-3-2-4-16(17)18)14-6-8-15(9-7-14)21-11-10-19-12-21/h2-13,20H,1H3/t13-/m0/s1. The Morgan fingerprint density at radius 1 is 1.12 bits per heavy atom. The van der Waals surface area contributed by atoms with E-state index in [9.17, 15) is 8.42 Å². The highest BCUT2D eigenvalue weighted by Crippen LogP contribution is 2.23. The molecule has 7 heteroatoms. The van der Waals surface area contributed by atoms with Crippen molar-refractivity contribution in [3.05, 3.63) is 77.8 Å². The van der Waals surface area contributed by atoms with E-state index < -0.39 is 10.0 Å². The van der Waals surface area contributed by atoms with Crippen LogP contribution in [0.3, 0.4) is 0 Å². The van der Waals surface area contributed by atoms with Crippen LogP contribution in [0.15, 0.2) is 72.1 Å². The molecular weight excluding hydrogens is 346 g/mol. The Labute approximate surface area is 146 Å². The first kappa shape index (κ1) is 16.7. The van der Waals surface area contributed by atoms with E-state index in [-0.39, 0.29) is 16.0 Å². The first-order chi connectivity index (χ1) is 11.5. The maximum atomic E-state index is 12.5. The van der Waals surface area contributed by atoms with Crippen molar-refractivity contribution in [3.63, 3.8) is 0 Å². The van der Waals surface area contributed by atoms with Gasteiger partial charge in [0.25, 0.3) is 0 Å². The Balaban J connectivity index is 1.80. The summed E-state index contributed by atoms with van der Waals surface area (Å²) in [5.41, 5.74) is 1.81. The number of sulfonamides is 1. The van der Waals surface area contributed by atoms with Gasteiger partial charge in [0.2, 0.25) is 10.0 Å². The predicted octanol–water partition coefficient (Wildman–Crippen LogP) is 3.57. The maximum Gasteiger partial charge on any atom is 0.242 e. The van der Waals surface area contributed by atoms with Crippen molar-refractivity contribution in [2.45, 2.75) is 17.9 Å². The Morgan fingerprint density at radius 3 is 2.46 bits per heavy atom. The van der Waals surface area contributed by atoms with Gasteiger partial charge < -0.3 is 4.57 Å². The minimum Gasteiger partial charge on any atom is -0.306 e. The molecule has 1 heterocycles. The summed E-state index contributed by atoms with van der Waals surface area (Å²) in [6.45, 7) is 1.79. The van der Waals surface area contributed by atoms with Gasteiger partial charge >= 0.3 is 0 Å². The Bertz CT molecular complexity index is 923. The van der Waals surface area contributed by atoms with Gasteiger partial charge in [-0.05, 0) is 36.8 Å². The summed E-state index contributed by atoms with van der Waals surface area (Å²) in [6, 6.07) is 13.6. The molecule has 1 aromatic heterocycles.